The molecule has 0 spiro atoms. The van der Waals surface area contributed by atoms with E-state index in [0.29, 0.717) is 11.5 Å². The zero-order valence-corrected chi connectivity index (χ0v) is 16.6. The Morgan fingerprint density at radius 2 is 2.04 bits per heavy atom. The maximum absolute atomic E-state index is 11.7. The second-order valence-corrected chi connectivity index (χ2v) is 9.37. The number of hydrogen-bond acceptors (Lipinski definition) is 5. The van der Waals surface area contributed by atoms with Crippen molar-refractivity contribution in [3.8, 4) is 6.07 Å². The highest BCUT2D eigenvalue weighted by Crippen LogP contribution is 2.29. The lowest BCUT2D eigenvalue weighted by Crippen LogP contribution is -2.39. The summed E-state index contributed by atoms with van der Waals surface area (Å²) in [5, 5.41) is 12.9. The van der Waals surface area contributed by atoms with Crippen LogP contribution in [0.15, 0.2) is 30.5 Å². The van der Waals surface area contributed by atoms with Gasteiger partial charge in [0.1, 0.15) is 6.07 Å². The van der Waals surface area contributed by atoms with E-state index < -0.39 is 10.0 Å². The molecule has 0 aromatic heterocycles. The van der Waals surface area contributed by atoms with E-state index in [1.54, 1.807) is 6.92 Å². The number of nitrogens with one attached hydrogen (secondary N) is 2. The second kappa shape index (κ2) is 8.77. The van der Waals surface area contributed by atoms with Crippen molar-refractivity contribution < 1.29 is 8.42 Å². The summed E-state index contributed by atoms with van der Waals surface area (Å²) in [5.74, 6) is 0.681. The molecule has 6 nitrogen and oxygen atoms in total. The van der Waals surface area contributed by atoms with Crippen molar-refractivity contribution in [3.05, 3.63) is 36.0 Å². The minimum atomic E-state index is -3.11. The topological polar surface area (TPSA) is 85.2 Å². The molecule has 1 heterocycles. The molecule has 3 rings (SSSR count). The van der Waals surface area contributed by atoms with E-state index in [9.17, 15) is 13.7 Å². The lowest BCUT2D eigenvalue weighted by molar-refractivity contribution is 0.324. The van der Waals surface area contributed by atoms with E-state index in [4.69, 9.17) is 0 Å². The first-order valence-electron chi connectivity index (χ1n) is 9.72. The zero-order chi connectivity index (χ0) is 19.3. The molecule has 0 amide bonds. The van der Waals surface area contributed by atoms with Crippen molar-refractivity contribution in [2.45, 2.75) is 45.1 Å². The van der Waals surface area contributed by atoms with Crippen LogP contribution in [-0.4, -0.2) is 33.3 Å². The SMILES string of the molecule is CCS(=O)(=O)N[C@H]1CC[C@H](CNc2ccc(C#N)c(N3C=CCC3)c2)CC1. The van der Waals surface area contributed by atoms with Crippen LogP contribution in [0.2, 0.25) is 0 Å². The predicted molar refractivity (Wildman–Crippen MR) is 109 cm³/mol. The standard InChI is InChI=1S/C20H28N4O2S/c1-2-27(25,26)23-18-8-5-16(6-9-18)15-22-19-10-7-17(14-21)20(13-19)24-11-3-4-12-24/h3,7,10-11,13,16,18,22-23H,2,4-6,8-9,12,15H2,1H3/t16-,18-. The molecule has 1 aliphatic carbocycles. The van der Waals surface area contributed by atoms with Gasteiger partial charge < -0.3 is 10.2 Å². The van der Waals surface area contributed by atoms with E-state index in [1.165, 1.54) is 0 Å². The number of rotatable bonds is 7. The highest BCUT2D eigenvalue weighted by Gasteiger charge is 2.24. The van der Waals surface area contributed by atoms with Gasteiger partial charge in [0.2, 0.25) is 10.0 Å². The summed E-state index contributed by atoms with van der Waals surface area (Å²) in [7, 11) is -3.11. The van der Waals surface area contributed by atoms with Gasteiger partial charge >= 0.3 is 0 Å². The largest absolute Gasteiger partial charge is 0.385 e. The quantitative estimate of drug-likeness (QED) is 0.749. The van der Waals surface area contributed by atoms with Gasteiger partial charge in [-0.15, -0.1) is 0 Å². The average molecular weight is 389 g/mol. The molecule has 1 saturated carbocycles. The third-order valence-corrected chi connectivity index (χ3v) is 6.87. The molecule has 1 aromatic carbocycles. The number of nitrogens with zero attached hydrogens (tertiary/aromatic N) is 2. The lowest BCUT2D eigenvalue weighted by atomic mass is 9.86. The van der Waals surface area contributed by atoms with Crippen LogP contribution >= 0.6 is 0 Å². The fraction of sp³-hybridized carbons (Fsp3) is 0.550. The number of hydrogen-bond donors (Lipinski definition) is 2. The average Bonchev–Trinajstić information content (AvgIpc) is 3.21. The molecule has 0 atom stereocenters. The maximum atomic E-state index is 11.7. The molecule has 146 valence electrons. The molecule has 0 bridgehead atoms. The van der Waals surface area contributed by atoms with Gasteiger partial charge in [0.25, 0.3) is 0 Å². The molecular formula is C20H28N4O2S. The number of benzene rings is 1. The van der Waals surface area contributed by atoms with Crippen molar-refractivity contribution >= 4 is 21.4 Å². The molecule has 7 heteroatoms. The number of nitriles is 1. The molecule has 0 saturated heterocycles. The molecule has 0 radical (unpaired) electrons. The van der Waals surface area contributed by atoms with Crippen LogP contribution in [0.25, 0.3) is 0 Å². The monoisotopic (exact) mass is 388 g/mol. The Labute approximate surface area is 162 Å². The van der Waals surface area contributed by atoms with Gasteiger partial charge in [-0.3, -0.25) is 0 Å². The Morgan fingerprint density at radius 1 is 1.26 bits per heavy atom. The van der Waals surface area contributed by atoms with Gasteiger partial charge in [-0.1, -0.05) is 6.08 Å². The Bertz CT molecular complexity index is 821. The Kier molecular flexibility index (Phi) is 6.40. The normalized spacial score (nSPS) is 22.6. The highest BCUT2D eigenvalue weighted by atomic mass is 32.2. The van der Waals surface area contributed by atoms with Crippen molar-refractivity contribution in [1.82, 2.24) is 4.72 Å². The van der Waals surface area contributed by atoms with E-state index in [1.807, 2.05) is 18.3 Å². The molecular weight excluding hydrogens is 360 g/mol. The summed E-state index contributed by atoms with van der Waals surface area (Å²) >= 11 is 0. The third-order valence-electron chi connectivity index (χ3n) is 5.42. The summed E-state index contributed by atoms with van der Waals surface area (Å²) < 4.78 is 26.2. The van der Waals surface area contributed by atoms with Crippen LogP contribution < -0.4 is 14.9 Å². The van der Waals surface area contributed by atoms with Gasteiger partial charge in [-0.05, 0) is 63.1 Å². The van der Waals surface area contributed by atoms with Crippen LogP contribution in [0.1, 0.15) is 44.6 Å². The Hall–Kier alpha value is -2.04. The number of sulfonamides is 1. The van der Waals surface area contributed by atoms with E-state index in [2.05, 4.69) is 33.2 Å². The number of anilines is 2. The first kappa shape index (κ1) is 19.7. The van der Waals surface area contributed by atoms with E-state index in [-0.39, 0.29) is 11.8 Å². The van der Waals surface area contributed by atoms with Crippen LogP contribution in [0.5, 0.6) is 0 Å². The van der Waals surface area contributed by atoms with Gasteiger partial charge in [-0.2, -0.15) is 5.26 Å². The predicted octanol–water partition coefficient (Wildman–Crippen LogP) is 3.19. The van der Waals surface area contributed by atoms with E-state index >= 15 is 0 Å². The first-order valence-corrected chi connectivity index (χ1v) is 11.4. The Balaban J connectivity index is 1.53. The fourth-order valence-electron chi connectivity index (χ4n) is 3.75. The van der Waals surface area contributed by atoms with Gasteiger partial charge in [0.15, 0.2) is 0 Å². The Morgan fingerprint density at radius 3 is 2.67 bits per heavy atom. The molecule has 1 aromatic rings. The summed E-state index contributed by atoms with van der Waals surface area (Å²) in [6, 6.07) is 8.24. The van der Waals surface area contributed by atoms with Crippen molar-refractivity contribution in [3.63, 3.8) is 0 Å². The lowest BCUT2D eigenvalue weighted by Gasteiger charge is -2.29. The van der Waals surface area contributed by atoms with Crippen LogP contribution in [0.3, 0.4) is 0 Å². The van der Waals surface area contributed by atoms with Crippen LogP contribution in [-0.2, 0) is 10.0 Å². The van der Waals surface area contributed by atoms with E-state index in [0.717, 1.165) is 56.6 Å². The highest BCUT2D eigenvalue weighted by molar-refractivity contribution is 7.89. The fourth-order valence-corrected chi connectivity index (χ4v) is 4.66. The van der Waals surface area contributed by atoms with Crippen molar-refractivity contribution in [1.29, 1.82) is 5.26 Å². The van der Waals surface area contributed by atoms with Crippen molar-refractivity contribution in [2.24, 2.45) is 5.92 Å². The molecule has 0 unspecified atom stereocenters. The minimum absolute atomic E-state index is 0.0784. The van der Waals surface area contributed by atoms with Gasteiger partial charge in [0, 0.05) is 31.0 Å². The maximum Gasteiger partial charge on any atom is 0.211 e. The molecule has 2 N–H and O–H groups in total. The first-order chi connectivity index (χ1) is 13.0. The summed E-state index contributed by atoms with van der Waals surface area (Å²) in [6.07, 6.45) is 8.98. The molecule has 2 aliphatic rings. The zero-order valence-electron chi connectivity index (χ0n) is 15.8. The third kappa shape index (κ3) is 5.24. The minimum Gasteiger partial charge on any atom is -0.385 e. The molecule has 27 heavy (non-hydrogen) atoms. The summed E-state index contributed by atoms with van der Waals surface area (Å²) in [4.78, 5) is 2.12. The van der Waals surface area contributed by atoms with Gasteiger partial charge in [0.05, 0.1) is 17.0 Å². The van der Waals surface area contributed by atoms with Crippen LogP contribution in [0, 0.1) is 17.2 Å². The second-order valence-electron chi connectivity index (χ2n) is 7.33. The van der Waals surface area contributed by atoms with Gasteiger partial charge in [-0.25, -0.2) is 13.1 Å². The van der Waals surface area contributed by atoms with Crippen molar-refractivity contribution in [2.75, 3.05) is 29.1 Å². The molecule has 1 aliphatic heterocycles. The summed E-state index contributed by atoms with van der Waals surface area (Å²) in [6.45, 7) is 3.45. The van der Waals surface area contributed by atoms with Crippen LogP contribution in [0.4, 0.5) is 11.4 Å². The summed E-state index contributed by atoms with van der Waals surface area (Å²) in [5.41, 5.74) is 2.67. The smallest absolute Gasteiger partial charge is 0.211 e. The molecule has 1 fully saturated rings.